The maximum atomic E-state index is 12.2. The van der Waals surface area contributed by atoms with E-state index in [9.17, 15) is 4.79 Å². The number of H-pyrrole nitrogens is 1. The third-order valence-electron chi connectivity index (χ3n) is 3.01. The molecule has 0 spiro atoms. The summed E-state index contributed by atoms with van der Waals surface area (Å²) in [6.07, 6.45) is 2.53. The number of aliphatic hydroxyl groups is 1. The quantitative estimate of drug-likeness (QED) is 0.768. The molecule has 2 rings (SSSR count). The predicted molar refractivity (Wildman–Crippen MR) is 84.6 cm³/mol. The summed E-state index contributed by atoms with van der Waals surface area (Å²) in [5.74, 6) is 0.614. The molecule has 2 aromatic rings. The minimum Gasteiger partial charge on any atom is -0.396 e. The summed E-state index contributed by atoms with van der Waals surface area (Å²) >= 11 is 7.57. The molecule has 6 heteroatoms. The zero-order valence-corrected chi connectivity index (χ0v) is 12.7. The van der Waals surface area contributed by atoms with Gasteiger partial charge in [0.25, 0.3) is 5.91 Å². The molecule has 1 atom stereocenters. The topological polar surface area (TPSA) is 65.1 Å². The van der Waals surface area contributed by atoms with Gasteiger partial charge in [-0.25, -0.2) is 0 Å². The summed E-state index contributed by atoms with van der Waals surface area (Å²) in [4.78, 5) is 15.3. The highest BCUT2D eigenvalue weighted by molar-refractivity contribution is 7.98. The van der Waals surface area contributed by atoms with Gasteiger partial charge in [-0.1, -0.05) is 11.6 Å². The van der Waals surface area contributed by atoms with Crippen LogP contribution in [0.25, 0.3) is 10.9 Å². The minimum atomic E-state index is -0.162. The molecule has 1 unspecified atom stereocenters. The van der Waals surface area contributed by atoms with Crippen molar-refractivity contribution in [3.05, 3.63) is 35.0 Å². The largest absolute Gasteiger partial charge is 0.396 e. The highest BCUT2D eigenvalue weighted by Gasteiger charge is 2.15. The van der Waals surface area contributed by atoms with Crippen LogP contribution in [-0.2, 0) is 0 Å². The van der Waals surface area contributed by atoms with Crippen LogP contribution < -0.4 is 5.32 Å². The van der Waals surface area contributed by atoms with Crippen molar-refractivity contribution in [1.82, 2.24) is 10.3 Å². The van der Waals surface area contributed by atoms with Crippen molar-refractivity contribution < 1.29 is 9.90 Å². The second-order valence-electron chi connectivity index (χ2n) is 4.55. The SMILES string of the molecule is CSCC(CCO)NC(=O)c1cc2cc(Cl)ccc2[nH]1. The molecule has 1 aromatic heterocycles. The van der Waals surface area contributed by atoms with Crippen molar-refractivity contribution in [2.45, 2.75) is 12.5 Å². The van der Waals surface area contributed by atoms with E-state index in [4.69, 9.17) is 16.7 Å². The van der Waals surface area contributed by atoms with Crippen molar-refractivity contribution in [2.75, 3.05) is 18.6 Å². The van der Waals surface area contributed by atoms with E-state index in [0.717, 1.165) is 16.7 Å². The second-order valence-corrected chi connectivity index (χ2v) is 5.90. The number of thioether (sulfide) groups is 1. The molecule has 0 aliphatic carbocycles. The molecule has 0 radical (unpaired) electrons. The number of carbonyl (C=O) groups is 1. The summed E-state index contributed by atoms with van der Waals surface area (Å²) in [5, 5.41) is 13.5. The highest BCUT2D eigenvalue weighted by atomic mass is 35.5. The Morgan fingerprint density at radius 1 is 1.50 bits per heavy atom. The van der Waals surface area contributed by atoms with Gasteiger partial charge in [-0.3, -0.25) is 4.79 Å². The van der Waals surface area contributed by atoms with Gasteiger partial charge in [0.2, 0.25) is 0 Å². The van der Waals surface area contributed by atoms with Crippen LogP contribution >= 0.6 is 23.4 Å². The van der Waals surface area contributed by atoms with Gasteiger partial charge in [0.15, 0.2) is 0 Å². The molecule has 0 aliphatic rings. The Bertz CT molecular complexity index is 594. The van der Waals surface area contributed by atoms with E-state index < -0.39 is 0 Å². The van der Waals surface area contributed by atoms with Crippen molar-refractivity contribution in [3.8, 4) is 0 Å². The molecule has 0 bridgehead atoms. The van der Waals surface area contributed by atoms with Gasteiger partial charge in [0.1, 0.15) is 5.69 Å². The zero-order chi connectivity index (χ0) is 14.5. The lowest BCUT2D eigenvalue weighted by atomic mass is 10.2. The molecule has 1 amide bonds. The number of carbonyl (C=O) groups excluding carboxylic acids is 1. The average molecular weight is 313 g/mol. The van der Waals surface area contributed by atoms with Gasteiger partial charge in [-0.2, -0.15) is 11.8 Å². The van der Waals surface area contributed by atoms with Crippen LogP contribution in [0.5, 0.6) is 0 Å². The van der Waals surface area contributed by atoms with Crippen molar-refractivity contribution in [1.29, 1.82) is 0 Å². The summed E-state index contributed by atoms with van der Waals surface area (Å²) < 4.78 is 0. The predicted octanol–water partition coefficient (Wildman–Crippen LogP) is 2.67. The van der Waals surface area contributed by atoms with Crippen molar-refractivity contribution in [3.63, 3.8) is 0 Å². The average Bonchev–Trinajstić information content (AvgIpc) is 2.82. The number of aromatic amines is 1. The number of hydrogen-bond acceptors (Lipinski definition) is 3. The summed E-state index contributed by atoms with van der Waals surface area (Å²) in [6, 6.07) is 7.20. The Morgan fingerprint density at radius 3 is 3.00 bits per heavy atom. The Morgan fingerprint density at radius 2 is 2.30 bits per heavy atom. The first-order valence-electron chi connectivity index (χ1n) is 6.33. The van der Waals surface area contributed by atoms with Gasteiger partial charge in [-0.05, 0) is 36.9 Å². The smallest absolute Gasteiger partial charge is 0.267 e. The molecule has 3 N–H and O–H groups in total. The van der Waals surface area contributed by atoms with E-state index in [1.807, 2.05) is 18.4 Å². The van der Waals surface area contributed by atoms with Crippen LogP contribution in [0.2, 0.25) is 5.02 Å². The standard InChI is InChI=1S/C14H17ClN2O2S/c1-20-8-11(4-5-18)16-14(19)13-7-9-6-10(15)2-3-12(9)17-13/h2-3,6-7,11,17-18H,4-5,8H2,1H3,(H,16,19). The Balaban J connectivity index is 2.13. The summed E-state index contributed by atoms with van der Waals surface area (Å²) in [5.41, 5.74) is 1.38. The number of hydrogen-bond donors (Lipinski definition) is 3. The molecule has 4 nitrogen and oxygen atoms in total. The van der Waals surface area contributed by atoms with Crippen LogP contribution in [-0.4, -0.2) is 40.7 Å². The zero-order valence-electron chi connectivity index (χ0n) is 11.1. The normalized spacial score (nSPS) is 12.6. The minimum absolute atomic E-state index is 0.0301. The molecule has 0 saturated carbocycles. The molecule has 108 valence electrons. The van der Waals surface area contributed by atoms with E-state index in [1.54, 1.807) is 23.9 Å². The first kappa shape index (κ1) is 15.2. The van der Waals surface area contributed by atoms with Crippen LogP contribution in [0.1, 0.15) is 16.9 Å². The number of benzene rings is 1. The van der Waals surface area contributed by atoms with Crippen molar-refractivity contribution >= 4 is 40.2 Å². The summed E-state index contributed by atoms with van der Waals surface area (Å²) in [6.45, 7) is 0.0633. The van der Waals surface area contributed by atoms with E-state index in [1.165, 1.54) is 0 Å². The molecular weight excluding hydrogens is 296 g/mol. The highest BCUT2D eigenvalue weighted by Crippen LogP contribution is 2.20. The Kier molecular flexibility index (Phi) is 5.34. The lowest BCUT2D eigenvalue weighted by molar-refractivity contribution is 0.0931. The van der Waals surface area contributed by atoms with Crippen LogP contribution in [0.4, 0.5) is 0 Å². The maximum Gasteiger partial charge on any atom is 0.267 e. The van der Waals surface area contributed by atoms with E-state index >= 15 is 0 Å². The monoisotopic (exact) mass is 312 g/mol. The number of nitrogens with one attached hydrogen (secondary N) is 2. The molecule has 1 aromatic carbocycles. The van der Waals surface area contributed by atoms with E-state index in [0.29, 0.717) is 17.1 Å². The molecule has 0 aliphatic heterocycles. The molecule has 1 heterocycles. The number of aliphatic hydroxyl groups excluding tert-OH is 1. The fourth-order valence-electron chi connectivity index (χ4n) is 2.04. The lowest BCUT2D eigenvalue weighted by Gasteiger charge is -2.15. The third-order valence-corrected chi connectivity index (χ3v) is 3.98. The maximum absolute atomic E-state index is 12.2. The lowest BCUT2D eigenvalue weighted by Crippen LogP contribution is -2.37. The van der Waals surface area contributed by atoms with Gasteiger partial charge >= 0.3 is 0 Å². The number of halogens is 1. The number of fused-ring (bicyclic) bond motifs is 1. The fraction of sp³-hybridized carbons (Fsp3) is 0.357. The van der Waals surface area contributed by atoms with Gasteiger partial charge in [-0.15, -0.1) is 0 Å². The molecular formula is C14H17ClN2O2S. The third kappa shape index (κ3) is 3.69. The van der Waals surface area contributed by atoms with Gasteiger partial charge in [0.05, 0.1) is 0 Å². The fourth-order valence-corrected chi connectivity index (χ4v) is 2.88. The van der Waals surface area contributed by atoms with Gasteiger partial charge in [0, 0.05) is 34.3 Å². The number of aromatic nitrogens is 1. The number of rotatable bonds is 6. The second kappa shape index (κ2) is 7.02. The molecule has 0 fully saturated rings. The van der Waals surface area contributed by atoms with E-state index in [2.05, 4.69) is 10.3 Å². The van der Waals surface area contributed by atoms with Crippen LogP contribution in [0.15, 0.2) is 24.3 Å². The van der Waals surface area contributed by atoms with E-state index in [-0.39, 0.29) is 18.6 Å². The molecule has 20 heavy (non-hydrogen) atoms. The van der Waals surface area contributed by atoms with Crippen molar-refractivity contribution in [2.24, 2.45) is 0 Å². The molecule has 0 saturated heterocycles. The van der Waals surface area contributed by atoms with Crippen LogP contribution in [0, 0.1) is 0 Å². The van der Waals surface area contributed by atoms with Gasteiger partial charge < -0.3 is 15.4 Å². The first-order valence-corrected chi connectivity index (χ1v) is 8.10. The van der Waals surface area contributed by atoms with Crippen LogP contribution in [0.3, 0.4) is 0 Å². The number of amides is 1. The summed E-state index contributed by atoms with van der Waals surface area (Å²) in [7, 11) is 0. The Labute approximate surface area is 126 Å². The first-order chi connectivity index (χ1) is 9.63. The Hall–Kier alpha value is -1.17.